The molecule has 11 heteroatoms. The van der Waals surface area contributed by atoms with Crippen LogP contribution in [0.4, 0.5) is 18.0 Å². The molecule has 3 fully saturated rings. The van der Waals surface area contributed by atoms with Crippen molar-refractivity contribution in [3.05, 3.63) is 70.8 Å². The smallest absolute Gasteiger partial charge is 0.416 e. The summed E-state index contributed by atoms with van der Waals surface area (Å²) in [5, 5.41) is 9.15. The predicted octanol–water partition coefficient (Wildman–Crippen LogP) is 4.63. The number of aliphatic carboxylic acids is 1. The average molecular weight is 560 g/mol. The zero-order valence-electron chi connectivity index (χ0n) is 22.0. The van der Waals surface area contributed by atoms with Crippen molar-refractivity contribution in [1.29, 1.82) is 0 Å². The summed E-state index contributed by atoms with van der Waals surface area (Å²) in [4.78, 5) is 42.2. The van der Waals surface area contributed by atoms with E-state index in [0.717, 1.165) is 23.3 Å². The van der Waals surface area contributed by atoms with E-state index < -0.39 is 29.2 Å². The molecule has 3 heterocycles. The van der Waals surface area contributed by atoms with E-state index in [0.29, 0.717) is 77.1 Å². The Hall–Kier alpha value is -3.60. The Bertz CT molecular complexity index is 1230. The Morgan fingerprint density at radius 3 is 2.05 bits per heavy atom. The Morgan fingerprint density at radius 1 is 0.900 bits per heavy atom. The number of likely N-dealkylation sites (tertiary alicyclic amines) is 2. The molecule has 0 aromatic heterocycles. The molecule has 0 atom stereocenters. The van der Waals surface area contributed by atoms with Gasteiger partial charge in [-0.3, -0.25) is 19.4 Å². The topological polar surface area (TPSA) is 90.4 Å². The van der Waals surface area contributed by atoms with Gasteiger partial charge >= 0.3 is 18.2 Å². The molecule has 5 rings (SSSR count). The molecule has 8 nitrogen and oxygen atoms in total. The maximum Gasteiger partial charge on any atom is 0.416 e. The molecule has 2 aromatic rings. The molecule has 2 aromatic carbocycles. The van der Waals surface area contributed by atoms with Crippen LogP contribution in [0.1, 0.15) is 52.7 Å². The average Bonchev–Trinajstić information content (AvgIpc) is 3.24. The molecular formula is C29H32F3N3O5. The molecule has 3 aliphatic rings. The molecule has 0 bridgehead atoms. The van der Waals surface area contributed by atoms with Gasteiger partial charge in [0.2, 0.25) is 0 Å². The lowest BCUT2D eigenvalue weighted by molar-refractivity contribution is -0.143. The first-order valence-corrected chi connectivity index (χ1v) is 13.5. The number of hydrogen-bond donors (Lipinski definition) is 1. The highest BCUT2D eigenvalue weighted by atomic mass is 19.4. The van der Waals surface area contributed by atoms with E-state index in [1.54, 1.807) is 21.9 Å². The van der Waals surface area contributed by atoms with E-state index in [4.69, 9.17) is 9.84 Å². The molecule has 0 unspecified atom stereocenters. The van der Waals surface area contributed by atoms with Crippen molar-refractivity contribution in [2.75, 3.05) is 32.7 Å². The molecule has 0 saturated carbocycles. The summed E-state index contributed by atoms with van der Waals surface area (Å²) >= 11 is 0. The van der Waals surface area contributed by atoms with Crippen LogP contribution in [0.2, 0.25) is 0 Å². The summed E-state index contributed by atoms with van der Waals surface area (Å²) < 4.78 is 44.3. The van der Waals surface area contributed by atoms with Crippen molar-refractivity contribution in [2.45, 2.75) is 50.6 Å². The lowest BCUT2D eigenvalue weighted by atomic mass is 9.91. The summed E-state index contributed by atoms with van der Waals surface area (Å²) in [7, 11) is 0. The first kappa shape index (κ1) is 27.9. The molecule has 1 spiro atoms. The van der Waals surface area contributed by atoms with Crippen molar-refractivity contribution >= 4 is 18.0 Å². The lowest BCUT2D eigenvalue weighted by Gasteiger charge is -2.37. The number of benzene rings is 2. The zero-order valence-corrected chi connectivity index (χ0v) is 22.0. The van der Waals surface area contributed by atoms with Crippen LogP contribution in [0.5, 0.6) is 0 Å². The fourth-order valence-electron chi connectivity index (χ4n) is 5.74. The maximum absolute atomic E-state index is 12.8. The van der Waals surface area contributed by atoms with Crippen molar-refractivity contribution in [3.8, 4) is 0 Å². The Kier molecular flexibility index (Phi) is 7.76. The second-order valence-electron chi connectivity index (χ2n) is 11.0. The van der Waals surface area contributed by atoms with Crippen LogP contribution in [0, 0.1) is 5.92 Å². The number of carboxylic acid groups (broad SMARTS) is 1. The molecule has 3 aliphatic heterocycles. The number of carboxylic acids is 1. The van der Waals surface area contributed by atoms with Gasteiger partial charge in [0.15, 0.2) is 0 Å². The van der Waals surface area contributed by atoms with Gasteiger partial charge in [-0.1, -0.05) is 24.3 Å². The second-order valence-corrected chi connectivity index (χ2v) is 11.0. The van der Waals surface area contributed by atoms with E-state index in [9.17, 15) is 27.6 Å². The molecule has 0 radical (unpaired) electrons. The van der Waals surface area contributed by atoms with Gasteiger partial charge in [-0.25, -0.2) is 4.79 Å². The van der Waals surface area contributed by atoms with Crippen molar-refractivity contribution in [3.63, 3.8) is 0 Å². The fraction of sp³-hybridized carbons (Fsp3) is 0.483. The van der Waals surface area contributed by atoms with E-state index in [2.05, 4.69) is 4.90 Å². The Morgan fingerprint density at radius 2 is 1.48 bits per heavy atom. The number of nitrogens with zero attached hydrogens (tertiary/aromatic N) is 3. The van der Waals surface area contributed by atoms with Crippen molar-refractivity contribution in [1.82, 2.24) is 14.7 Å². The third-order valence-electron chi connectivity index (χ3n) is 8.20. The van der Waals surface area contributed by atoms with E-state index in [1.807, 2.05) is 12.1 Å². The molecule has 40 heavy (non-hydrogen) atoms. The summed E-state index contributed by atoms with van der Waals surface area (Å²) in [6.45, 7) is 3.52. The minimum absolute atomic E-state index is 0.127. The Labute approximate surface area is 230 Å². The summed E-state index contributed by atoms with van der Waals surface area (Å²) in [5.74, 6) is -1.35. The minimum atomic E-state index is -4.35. The van der Waals surface area contributed by atoms with Gasteiger partial charge in [-0.15, -0.1) is 0 Å². The summed E-state index contributed by atoms with van der Waals surface area (Å²) in [6.07, 6.45) is -2.55. The van der Waals surface area contributed by atoms with Crippen LogP contribution < -0.4 is 0 Å². The second kappa shape index (κ2) is 11.1. The van der Waals surface area contributed by atoms with E-state index >= 15 is 0 Å². The van der Waals surface area contributed by atoms with Crippen LogP contribution in [0.25, 0.3) is 0 Å². The van der Waals surface area contributed by atoms with E-state index in [-0.39, 0.29) is 12.0 Å². The number of hydrogen-bond acceptors (Lipinski definition) is 5. The molecule has 0 aliphatic carbocycles. The highest BCUT2D eigenvalue weighted by molar-refractivity contribution is 5.94. The van der Waals surface area contributed by atoms with Crippen LogP contribution in [0.15, 0.2) is 48.5 Å². The van der Waals surface area contributed by atoms with Gasteiger partial charge < -0.3 is 14.7 Å². The number of carbonyl (C=O) groups excluding carboxylic acids is 2. The number of carbonyl (C=O) groups is 3. The van der Waals surface area contributed by atoms with Crippen molar-refractivity contribution < 1.29 is 37.4 Å². The van der Waals surface area contributed by atoms with Crippen LogP contribution >= 0.6 is 0 Å². The number of piperidine rings is 2. The number of ether oxygens (including phenoxy) is 1. The molecule has 3 saturated heterocycles. The van der Waals surface area contributed by atoms with Crippen LogP contribution in [-0.4, -0.2) is 76.1 Å². The molecule has 2 amide bonds. The predicted molar refractivity (Wildman–Crippen MR) is 138 cm³/mol. The molecule has 1 N–H and O–H groups in total. The summed E-state index contributed by atoms with van der Waals surface area (Å²) in [6, 6.07) is 12.3. The third-order valence-corrected chi connectivity index (χ3v) is 8.20. The van der Waals surface area contributed by atoms with E-state index in [1.165, 1.54) is 12.1 Å². The van der Waals surface area contributed by atoms with Gasteiger partial charge in [-0.05, 0) is 48.2 Å². The molecular weight excluding hydrogens is 527 g/mol. The van der Waals surface area contributed by atoms with Crippen LogP contribution in [-0.2, 0) is 28.8 Å². The van der Waals surface area contributed by atoms with Gasteiger partial charge in [-0.2, -0.15) is 13.2 Å². The third kappa shape index (κ3) is 6.24. The zero-order chi connectivity index (χ0) is 28.5. The minimum Gasteiger partial charge on any atom is -0.481 e. The first-order chi connectivity index (χ1) is 19.0. The Balaban J connectivity index is 1.11. The van der Waals surface area contributed by atoms with Crippen molar-refractivity contribution in [2.24, 2.45) is 5.92 Å². The monoisotopic (exact) mass is 559 g/mol. The lowest BCUT2D eigenvalue weighted by Crippen LogP contribution is -2.46. The quantitative estimate of drug-likeness (QED) is 0.555. The van der Waals surface area contributed by atoms with Gasteiger partial charge in [0.25, 0.3) is 5.91 Å². The number of rotatable bonds is 6. The SMILES string of the molecule is O=C(O)C1CCN(C(=O)c2ccc(CN3CC4(CCN(Cc5ccc(C(F)(F)F)cc5)CC4)OC3=O)cc2)CC1. The number of amides is 2. The molecule has 214 valence electrons. The van der Waals surface area contributed by atoms with Gasteiger partial charge in [0, 0.05) is 57.7 Å². The highest BCUT2D eigenvalue weighted by Crippen LogP contribution is 2.35. The largest absolute Gasteiger partial charge is 0.481 e. The van der Waals surface area contributed by atoms with Gasteiger partial charge in [0.1, 0.15) is 5.60 Å². The standard InChI is InChI=1S/C29H32F3N3O5/c30-29(31,32)24-7-3-20(4-8-24)17-33-15-11-28(12-16-33)19-35(27(39)40-28)18-21-1-5-22(6-2-21)25(36)34-13-9-23(10-14-34)26(37)38/h1-8,23H,9-19H2,(H,37,38). The summed E-state index contributed by atoms with van der Waals surface area (Å²) in [5.41, 5.74) is 0.964. The fourth-order valence-corrected chi connectivity index (χ4v) is 5.74. The maximum atomic E-state index is 12.8. The first-order valence-electron chi connectivity index (χ1n) is 13.5. The highest BCUT2D eigenvalue weighted by Gasteiger charge is 2.46. The van der Waals surface area contributed by atoms with Gasteiger partial charge in [0.05, 0.1) is 18.0 Å². The number of halogens is 3. The number of alkyl halides is 3. The van der Waals surface area contributed by atoms with Crippen LogP contribution in [0.3, 0.4) is 0 Å². The normalized spacial score (nSPS) is 20.1.